The van der Waals surface area contributed by atoms with Gasteiger partial charge in [-0.25, -0.2) is 4.98 Å². The average Bonchev–Trinajstić information content (AvgIpc) is 3.10. The molecule has 2 aromatic heterocycles. The Balaban J connectivity index is 1.59. The molecule has 0 spiro atoms. The van der Waals surface area contributed by atoms with Gasteiger partial charge in [-0.1, -0.05) is 30.3 Å². The van der Waals surface area contributed by atoms with Crippen molar-refractivity contribution in [1.82, 2.24) is 14.9 Å². The number of aromatic amines is 1. The number of fused-ring (bicyclic) bond motifs is 5. The number of carbonyl (C=O) groups excluding carboxylic acids is 2. The molecule has 0 fully saturated rings. The smallest absolute Gasteiger partial charge is 0.246 e. The lowest BCUT2D eigenvalue weighted by Crippen LogP contribution is -2.29. The van der Waals surface area contributed by atoms with E-state index in [4.69, 9.17) is 4.74 Å². The summed E-state index contributed by atoms with van der Waals surface area (Å²) in [5.41, 5.74) is 5.61. The summed E-state index contributed by atoms with van der Waals surface area (Å²) in [5.74, 6) is -0.543. The van der Waals surface area contributed by atoms with Crippen molar-refractivity contribution in [3.8, 4) is 0 Å². The van der Waals surface area contributed by atoms with Gasteiger partial charge in [0.1, 0.15) is 5.69 Å². The molecule has 1 aromatic carbocycles. The number of benzene rings is 1. The van der Waals surface area contributed by atoms with E-state index in [2.05, 4.69) is 39.1 Å². The summed E-state index contributed by atoms with van der Waals surface area (Å²) in [6.45, 7) is 4.49. The minimum atomic E-state index is -0.342. The number of pyridine rings is 1. The van der Waals surface area contributed by atoms with Gasteiger partial charge in [-0.05, 0) is 18.1 Å². The molecule has 146 valence electrons. The van der Waals surface area contributed by atoms with Crippen LogP contribution in [0.1, 0.15) is 43.4 Å². The van der Waals surface area contributed by atoms with Gasteiger partial charge in [-0.2, -0.15) is 0 Å². The van der Waals surface area contributed by atoms with Crippen molar-refractivity contribution >= 4 is 22.5 Å². The van der Waals surface area contributed by atoms with E-state index in [1.165, 1.54) is 24.3 Å². The third-order valence-electron chi connectivity index (χ3n) is 5.80. The zero-order valence-corrected chi connectivity index (χ0v) is 16.4. The van der Waals surface area contributed by atoms with Gasteiger partial charge in [-0.15, -0.1) is 0 Å². The minimum Gasteiger partial charge on any atom is -0.492 e. The van der Waals surface area contributed by atoms with Gasteiger partial charge in [-0.3, -0.25) is 14.5 Å². The highest BCUT2D eigenvalue weighted by Crippen LogP contribution is 2.35. The van der Waals surface area contributed by atoms with Gasteiger partial charge >= 0.3 is 0 Å². The molecule has 1 N–H and O–H groups in total. The summed E-state index contributed by atoms with van der Waals surface area (Å²) in [6, 6.07) is 10.4. The van der Waals surface area contributed by atoms with Crippen LogP contribution in [0.5, 0.6) is 0 Å². The zero-order valence-electron chi connectivity index (χ0n) is 16.4. The molecule has 0 atom stereocenters. The molecule has 1 aliphatic heterocycles. The van der Waals surface area contributed by atoms with Crippen LogP contribution in [-0.2, 0) is 24.2 Å². The van der Waals surface area contributed by atoms with E-state index < -0.39 is 0 Å². The lowest BCUT2D eigenvalue weighted by atomic mass is 9.94. The Bertz CT molecular complexity index is 1190. The predicted octanol–water partition coefficient (Wildman–Crippen LogP) is 3.34. The number of aryl methyl sites for hydroxylation is 1. The first kappa shape index (κ1) is 17.8. The molecule has 0 radical (unpaired) electrons. The molecule has 0 saturated carbocycles. The first-order valence-corrected chi connectivity index (χ1v) is 9.72. The summed E-state index contributed by atoms with van der Waals surface area (Å²) < 4.78 is 5.07. The van der Waals surface area contributed by atoms with E-state index in [1.807, 2.05) is 13.0 Å². The number of methoxy groups -OCH3 is 1. The van der Waals surface area contributed by atoms with Crippen molar-refractivity contribution in [2.24, 2.45) is 0 Å². The van der Waals surface area contributed by atoms with E-state index in [0.717, 1.165) is 48.3 Å². The number of hydrogen-bond acceptors (Lipinski definition) is 5. The maximum Gasteiger partial charge on any atom is 0.246 e. The van der Waals surface area contributed by atoms with Crippen LogP contribution in [-0.4, -0.2) is 40.1 Å². The van der Waals surface area contributed by atoms with Gasteiger partial charge < -0.3 is 9.72 Å². The van der Waals surface area contributed by atoms with E-state index in [9.17, 15) is 9.59 Å². The van der Waals surface area contributed by atoms with Crippen molar-refractivity contribution in [2.75, 3.05) is 13.7 Å². The van der Waals surface area contributed by atoms with Crippen molar-refractivity contribution in [3.05, 3.63) is 75.9 Å². The molecule has 2 aliphatic rings. The molecule has 0 amide bonds. The van der Waals surface area contributed by atoms with Crippen LogP contribution in [0.4, 0.5) is 0 Å². The molecule has 0 unspecified atom stereocenters. The second-order valence-corrected chi connectivity index (χ2v) is 7.61. The van der Waals surface area contributed by atoms with Crippen LogP contribution in [0.3, 0.4) is 0 Å². The molecule has 3 heterocycles. The van der Waals surface area contributed by atoms with Crippen LogP contribution < -0.4 is 0 Å². The van der Waals surface area contributed by atoms with Crippen LogP contribution in [0.25, 0.3) is 10.9 Å². The molecule has 6 heteroatoms. The average molecular weight is 387 g/mol. The van der Waals surface area contributed by atoms with Gasteiger partial charge in [0.2, 0.25) is 5.78 Å². The summed E-state index contributed by atoms with van der Waals surface area (Å²) in [4.78, 5) is 35.8. The van der Waals surface area contributed by atoms with E-state index >= 15 is 0 Å². The van der Waals surface area contributed by atoms with Crippen molar-refractivity contribution in [2.45, 2.75) is 26.4 Å². The molecular weight excluding hydrogens is 366 g/mol. The van der Waals surface area contributed by atoms with Gasteiger partial charge in [0, 0.05) is 48.9 Å². The fourth-order valence-electron chi connectivity index (χ4n) is 4.44. The van der Waals surface area contributed by atoms with Crippen molar-refractivity contribution < 1.29 is 14.3 Å². The van der Waals surface area contributed by atoms with Crippen molar-refractivity contribution in [3.63, 3.8) is 0 Å². The monoisotopic (exact) mass is 387 g/mol. The van der Waals surface area contributed by atoms with Gasteiger partial charge in [0.05, 0.1) is 18.2 Å². The lowest BCUT2D eigenvalue weighted by molar-refractivity contribution is 0.0912. The number of carbonyl (C=O) groups is 2. The van der Waals surface area contributed by atoms with Crippen LogP contribution >= 0.6 is 0 Å². The number of Topliss-reactive ketones (excluding diaryl/α,β-unsaturated/α-hetero) is 1. The molecule has 3 aromatic rings. The van der Waals surface area contributed by atoms with Crippen LogP contribution in [0.2, 0.25) is 0 Å². The van der Waals surface area contributed by atoms with Crippen LogP contribution in [0.15, 0.2) is 42.2 Å². The highest BCUT2D eigenvalue weighted by Gasteiger charge is 2.33. The van der Waals surface area contributed by atoms with Crippen LogP contribution in [0, 0.1) is 6.92 Å². The Morgan fingerprint density at radius 3 is 2.76 bits per heavy atom. The molecule has 0 bridgehead atoms. The quantitative estimate of drug-likeness (QED) is 0.746. The number of allylic oxidation sites excluding steroid dienone is 2. The highest BCUT2D eigenvalue weighted by molar-refractivity contribution is 6.27. The summed E-state index contributed by atoms with van der Waals surface area (Å²) in [7, 11) is 1.39. The number of nitrogens with one attached hydrogen (secondary N) is 1. The summed E-state index contributed by atoms with van der Waals surface area (Å²) in [6.07, 6.45) is 2.13. The number of H-pyrrole nitrogens is 1. The Morgan fingerprint density at radius 2 is 2.00 bits per heavy atom. The summed E-state index contributed by atoms with van der Waals surface area (Å²) >= 11 is 0. The van der Waals surface area contributed by atoms with E-state index in [0.29, 0.717) is 5.56 Å². The van der Waals surface area contributed by atoms with E-state index in [-0.39, 0.29) is 23.0 Å². The third kappa shape index (κ3) is 2.79. The number of ketones is 2. The fourth-order valence-corrected chi connectivity index (χ4v) is 4.44. The Kier molecular flexibility index (Phi) is 4.10. The molecule has 29 heavy (non-hydrogen) atoms. The first-order valence-electron chi connectivity index (χ1n) is 9.72. The fraction of sp³-hybridized carbons (Fsp3) is 0.261. The molecule has 6 nitrogen and oxygen atoms in total. The SMILES string of the molecule is COC1=CC(=O)c2c(nc(C)c3c4c([nH]c23)CCN(Cc2ccccc2)C4)C1=O. The molecular formula is C23H21N3O3. The normalized spacial score (nSPS) is 16.6. The lowest BCUT2D eigenvalue weighted by Gasteiger charge is -2.27. The van der Waals surface area contributed by atoms with E-state index in [1.54, 1.807) is 0 Å². The summed E-state index contributed by atoms with van der Waals surface area (Å²) in [5, 5.41) is 0.965. The van der Waals surface area contributed by atoms with Gasteiger partial charge in [0.15, 0.2) is 11.5 Å². The highest BCUT2D eigenvalue weighted by atomic mass is 16.5. The number of hydrogen-bond donors (Lipinski definition) is 1. The topological polar surface area (TPSA) is 75.3 Å². The zero-order chi connectivity index (χ0) is 20.1. The third-order valence-corrected chi connectivity index (χ3v) is 5.80. The van der Waals surface area contributed by atoms with Gasteiger partial charge in [0.25, 0.3) is 0 Å². The Hall–Kier alpha value is -3.25. The number of rotatable bonds is 3. The Morgan fingerprint density at radius 1 is 1.21 bits per heavy atom. The second-order valence-electron chi connectivity index (χ2n) is 7.61. The van der Waals surface area contributed by atoms with Crippen molar-refractivity contribution in [1.29, 1.82) is 0 Å². The number of nitrogens with zero attached hydrogens (tertiary/aromatic N) is 2. The number of aromatic nitrogens is 2. The standard InChI is InChI=1S/C23H21N3O3/c1-13-19-15-12-26(11-14-6-4-3-5-7-14)9-8-16(15)25-21(19)20-17(27)10-18(29-2)23(28)22(20)24-13/h3-7,10,25H,8-9,11-12H2,1-2H3. The Labute approximate surface area is 168 Å². The largest absolute Gasteiger partial charge is 0.492 e. The second kappa shape index (κ2) is 6.67. The predicted molar refractivity (Wildman–Crippen MR) is 109 cm³/mol. The maximum absolute atomic E-state index is 12.8. The number of ether oxygens (including phenoxy) is 1. The molecule has 1 aliphatic carbocycles. The maximum atomic E-state index is 12.8. The molecule has 5 rings (SSSR count). The first-order chi connectivity index (χ1) is 14.1. The minimum absolute atomic E-state index is 0.0408. The molecule has 0 saturated heterocycles.